The van der Waals surface area contributed by atoms with Crippen molar-refractivity contribution >= 4 is 17.2 Å². The second-order valence-corrected chi connectivity index (χ2v) is 5.41. The van der Waals surface area contributed by atoms with Gasteiger partial charge in [0.05, 0.1) is 11.5 Å². The third-order valence-corrected chi connectivity index (χ3v) is 3.99. The van der Waals surface area contributed by atoms with Crippen LogP contribution in [0.2, 0.25) is 0 Å². The highest BCUT2D eigenvalue weighted by Gasteiger charge is 2.35. The zero-order valence-corrected chi connectivity index (χ0v) is 10.2. The molecule has 0 heterocycles. The monoisotopic (exact) mass is 259 g/mol. The Morgan fingerprint density at radius 2 is 2.18 bits per heavy atom. The molecule has 1 unspecified atom stereocenters. The van der Waals surface area contributed by atoms with Gasteiger partial charge in [0.1, 0.15) is 0 Å². The van der Waals surface area contributed by atoms with Crippen molar-refractivity contribution in [2.45, 2.75) is 25.7 Å². The van der Waals surface area contributed by atoms with Gasteiger partial charge in [0.15, 0.2) is 0 Å². The number of nitrogens with zero attached hydrogens (tertiary/aromatic N) is 1. The highest BCUT2D eigenvalue weighted by Crippen LogP contribution is 2.38. The topological polar surface area (TPSA) is 113 Å². The third-order valence-electron chi connectivity index (χ3n) is 3.25. The van der Waals surface area contributed by atoms with Gasteiger partial charge >= 0.3 is 6.09 Å². The molecule has 0 bridgehead atoms. The number of nitriles is 1. The van der Waals surface area contributed by atoms with Gasteiger partial charge in [0, 0.05) is 12.3 Å². The minimum Gasteiger partial charge on any atom is -0.772 e. The highest BCUT2D eigenvalue weighted by atomic mass is 32.2. The highest BCUT2D eigenvalue weighted by molar-refractivity contribution is 7.79. The summed E-state index contributed by atoms with van der Waals surface area (Å²) in [6, 6.07) is 2.17. The summed E-state index contributed by atoms with van der Waals surface area (Å²) in [5.74, 6) is 0.230. The van der Waals surface area contributed by atoms with Crippen LogP contribution in [0.1, 0.15) is 25.7 Å². The van der Waals surface area contributed by atoms with E-state index in [2.05, 4.69) is 11.4 Å². The van der Waals surface area contributed by atoms with E-state index in [0.29, 0.717) is 25.7 Å². The van der Waals surface area contributed by atoms with Gasteiger partial charge < -0.3 is 15.0 Å². The van der Waals surface area contributed by atoms with Crippen LogP contribution in [-0.4, -0.2) is 32.3 Å². The number of amides is 1. The number of nitrogens with one attached hydrogen (secondary N) is 1. The molecule has 1 rings (SSSR count). The summed E-state index contributed by atoms with van der Waals surface area (Å²) in [6.45, 7) is 0.117. The maximum Gasteiger partial charge on any atom is 0.404 e. The molecule has 1 atom stereocenters. The van der Waals surface area contributed by atoms with Crippen molar-refractivity contribution in [3.05, 3.63) is 0 Å². The first-order chi connectivity index (χ1) is 7.97. The first-order valence-corrected chi connectivity index (χ1v) is 6.66. The van der Waals surface area contributed by atoms with Gasteiger partial charge in [-0.15, -0.1) is 0 Å². The fraction of sp³-hybridized carbons (Fsp3) is 0.800. The largest absolute Gasteiger partial charge is 0.772 e. The molecule has 1 amide bonds. The van der Waals surface area contributed by atoms with Crippen molar-refractivity contribution in [1.29, 1.82) is 5.26 Å². The van der Waals surface area contributed by atoms with Crippen molar-refractivity contribution in [3.8, 4) is 6.07 Å². The predicted molar refractivity (Wildman–Crippen MR) is 59.8 cm³/mol. The SMILES string of the molecule is N#CC1(CNC(=O)O)CCC(CS(=O)[O-])CC1. The molecule has 0 spiro atoms. The van der Waals surface area contributed by atoms with Crippen LogP contribution in [-0.2, 0) is 11.1 Å². The molecule has 7 heteroatoms. The molecule has 6 nitrogen and oxygen atoms in total. The molecule has 1 saturated carbocycles. The molecule has 17 heavy (non-hydrogen) atoms. The van der Waals surface area contributed by atoms with E-state index in [1.807, 2.05) is 0 Å². The minimum atomic E-state index is -2.04. The molecule has 0 aromatic carbocycles. The Labute approximate surface area is 102 Å². The second-order valence-electron chi connectivity index (χ2n) is 4.46. The Hall–Kier alpha value is -1.13. The van der Waals surface area contributed by atoms with Crippen LogP contribution in [0.3, 0.4) is 0 Å². The molecule has 1 fully saturated rings. The summed E-state index contributed by atoms with van der Waals surface area (Å²) in [5, 5.41) is 19.9. The van der Waals surface area contributed by atoms with Gasteiger partial charge in [-0.3, -0.25) is 4.21 Å². The van der Waals surface area contributed by atoms with E-state index in [4.69, 9.17) is 10.4 Å². The van der Waals surface area contributed by atoms with Crippen LogP contribution in [0, 0.1) is 22.7 Å². The molecule has 1 aliphatic carbocycles. The molecular formula is C10H15N2O4S-. The van der Waals surface area contributed by atoms with Gasteiger partial charge in [-0.05, 0) is 31.6 Å². The van der Waals surface area contributed by atoms with Crippen molar-refractivity contribution in [1.82, 2.24) is 5.32 Å². The second kappa shape index (κ2) is 5.98. The van der Waals surface area contributed by atoms with Crippen molar-refractivity contribution in [2.75, 3.05) is 12.3 Å². The molecular weight excluding hydrogens is 244 g/mol. The Balaban J connectivity index is 2.48. The Bertz CT molecular complexity index is 345. The van der Waals surface area contributed by atoms with Crippen molar-refractivity contribution < 1.29 is 18.7 Å². The zero-order valence-electron chi connectivity index (χ0n) is 9.35. The van der Waals surface area contributed by atoms with E-state index in [9.17, 15) is 13.6 Å². The number of hydrogen-bond donors (Lipinski definition) is 2. The minimum absolute atomic E-state index is 0.0969. The summed E-state index contributed by atoms with van der Waals surface area (Å²) in [7, 11) is 0. The van der Waals surface area contributed by atoms with Crippen LogP contribution in [0.25, 0.3) is 0 Å². The van der Waals surface area contributed by atoms with E-state index in [-0.39, 0.29) is 18.2 Å². The normalized spacial score (nSPS) is 30.2. The summed E-state index contributed by atoms with van der Waals surface area (Å²) in [5.41, 5.74) is -0.667. The number of carbonyl (C=O) groups is 1. The van der Waals surface area contributed by atoms with Crippen LogP contribution in [0.5, 0.6) is 0 Å². The maximum atomic E-state index is 10.6. The Morgan fingerprint density at radius 3 is 2.59 bits per heavy atom. The number of carboxylic acid groups (broad SMARTS) is 1. The number of hydrogen-bond acceptors (Lipinski definition) is 4. The quantitative estimate of drug-likeness (QED) is 0.726. The Kier molecular flexibility index (Phi) is 4.90. The van der Waals surface area contributed by atoms with E-state index in [1.54, 1.807) is 0 Å². The van der Waals surface area contributed by atoms with Gasteiger partial charge in [-0.1, -0.05) is 11.1 Å². The molecule has 0 radical (unpaired) electrons. The lowest BCUT2D eigenvalue weighted by Gasteiger charge is -2.34. The van der Waals surface area contributed by atoms with Crippen LogP contribution < -0.4 is 5.32 Å². The van der Waals surface area contributed by atoms with E-state index < -0.39 is 22.6 Å². The summed E-state index contributed by atoms with van der Waals surface area (Å²) < 4.78 is 21.1. The third kappa shape index (κ3) is 4.32. The average molecular weight is 259 g/mol. The van der Waals surface area contributed by atoms with Gasteiger partial charge in [0.2, 0.25) is 0 Å². The summed E-state index contributed by atoms with van der Waals surface area (Å²) >= 11 is -2.04. The van der Waals surface area contributed by atoms with E-state index in [1.165, 1.54) is 0 Å². The first-order valence-electron chi connectivity index (χ1n) is 5.41. The van der Waals surface area contributed by atoms with E-state index in [0.717, 1.165) is 0 Å². The number of rotatable bonds is 4. The smallest absolute Gasteiger partial charge is 0.404 e. The van der Waals surface area contributed by atoms with Gasteiger partial charge in [-0.25, -0.2) is 4.79 Å². The molecule has 0 aromatic rings. The van der Waals surface area contributed by atoms with Crippen molar-refractivity contribution in [3.63, 3.8) is 0 Å². The molecule has 2 N–H and O–H groups in total. The van der Waals surface area contributed by atoms with Crippen LogP contribution >= 0.6 is 0 Å². The lowest BCUT2D eigenvalue weighted by atomic mass is 9.72. The average Bonchev–Trinajstić information content (AvgIpc) is 2.28. The summed E-state index contributed by atoms with van der Waals surface area (Å²) in [6.07, 6.45) is 1.27. The maximum absolute atomic E-state index is 10.6. The molecule has 0 aliphatic heterocycles. The Morgan fingerprint density at radius 1 is 1.59 bits per heavy atom. The molecule has 0 saturated heterocycles. The van der Waals surface area contributed by atoms with Crippen LogP contribution in [0.15, 0.2) is 0 Å². The fourth-order valence-corrected chi connectivity index (χ4v) is 2.88. The van der Waals surface area contributed by atoms with E-state index >= 15 is 0 Å². The predicted octanol–water partition coefficient (Wildman–Crippen LogP) is 0.833. The lowest BCUT2D eigenvalue weighted by Crippen LogP contribution is -2.39. The van der Waals surface area contributed by atoms with Gasteiger partial charge in [-0.2, -0.15) is 5.26 Å². The lowest BCUT2D eigenvalue weighted by molar-refractivity contribution is 0.176. The molecule has 0 aromatic heterocycles. The van der Waals surface area contributed by atoms with Crippen molar-refractivity contribution in [2.24, 2.45) is 11.3 Å². The standard InChI is InChI=1S/C10H16N2O4S/c11-6-10(7-12-9(13)14)3-1-8(2-4-10)5-17(15)16/h8,12H,1-5,7H2,(H,13,14)(H,15,16)/p-1. The fourth-order valence-electron chi connectivity index (χ4n) is 2.16. The van der Waals surface area contributed by atoms with Crippen LogP contribution in [0.4, 0.5) is 4.79 Å². The summed E-state index contributed by atoms with van der Waals surface area (Å²) in [4.78, 5) is 10.4. The first kappa shape index (κ1) is 13.9. The van der Waals surface area contributed by atoms with Gasteiger partial charge in [0.25, 0.3) is 0 Å². The molecule has 1 aliphatic rings. The molecule has 96 valence electrons. The zero-order chi connectivity index (χ0) is 12.9.